The minimum atomic E-state index is -0.257. The van der Waals surface area contributed by atoms with E-state index in [1.54, 1.807) is 0 Å². The van der Waals surface area contributed by atoms with Gasteiger partial charge in [0.05, 0.1) is 17.3 Å². The summed E-state index contributed by atoms with van der Waals surface area (Å²) < 4.78 is 0. The minimum Gasteiger partial charge on any atom is -0.370 e. The molecule has 0 bridgehead atoms. The molecule has 1 unspecified atom stereocenters. The second kappa shape index (κ2) is 6.16. The maximum Gasteiger partial charge on any atom is 0.229 e. The Bertz CT molecular complexity index is 538. The Morgan fingerprint density at radius 1 is 1.19 bits per heavy atom. The third-order valence-corrected chi connectivity index (χ3v) is 4.21. The van der Waals surface area contributed by atoms with Crippen LogP contribution in [0.15, 0.2) is 24.3 Å². The topological polar surface area (TPSA) is 61.4 Å². The molecule has 2 heterocycles. The Balaban J connectivity index is 1.72. The van der Waals surface area contributed by atoms with E-state index in [4.69, 9.17) is 0 Å². The van der Waals surface area contributed by atoms with E-state index in [1.165, 1.54) is 19.3 Å². The summed E-state index contributed by atoms with van der Waals surface area (Å²) in [4.78, 5) is 25.8. The quantitative estimate of drug-likeness (QED) is 0.890. The molecule has 2 amide bonds. The molecule has 0 aliphatic carbocycles. The molecule has 0 radical (unpaired) electrons. The van der Waals surface area contributed by atoms with Gasteiger partial charge < -0.3 is 15.5 Å². The van der Waals surface area contributed by atoms with Crippen molar-refractivity contribution in [1.29, 1.82) is 0 Å². The molecule has 5 nitrogen and oxygen atoms in total. The van der Waals surface area contributed by atoms with E-state index < -0.39 is 0 Å². The number of hydrogen-bond donors (Lipinski definition) is 2. The number of anilines is 2. The Morgan fingerprint density at radius 2 is 1.95 bits per heavy atom. The van der Waals surface area contributed by atoms with Crippen molar-refractivity contribution < 1.29 is 9.59 Å². The van der Waals surface area contributed by atoms with Crippen LogP contribution in [0.2, 0.25) is 0 Å². The Kier molecular flexibility index (Phi) is 4.08. The van der Waals surface area contributed by atoms with Gasteiger partial charge in [0.2, 0.25) is 11.8 Å². The van der Waals surface area contributed by atoms with Crippen LogP contribution in [0.5, 0.6) is 0 Å². The first-order chi connectivity index (χ1) is 10.2. The number of rotatable bonds is 3. The van der Waals surface area contributed by atoms with Crippen molar-refractivity contribution >= 4 is 23.2 Å². The zero-order chi connectivity index (χ0) is 14.7. The third kappa shape index (κ3) is 3.17. The van der Waals surface area contributed by atoms with Gasteiger partial charge in [0.1, 0.15) is 0 Å². The summed E-state index contributed by atoms with van der Waals surface area (Å²) in [5.41, 5.74) is 1.94. The summed E-state index contributed by atoms with van der Waals surface area (Å²) in [6.07, 6.45) is 3.96. The molecule has 0 saturated carbocycles. The highest BCUT2D eigenvalue weighted by Crippen LogP contribution is 2.28. The van der Waals surface area contributed by atoms with Gasteiger partial charge in [-0.05, 0) is 31.4 Å². The lowest BCUT2D eigenvalue weighted by Crippen LogP contribution is -2.31. The van der Waals surface area contributed by atoms with E-state index in [2.05, 4.69) is 21.6 Å². The molecule has 1 atom stereocenters. The van der Waals surface area contributed by atoms with Gasteiger partial charge >= 0.3 is 0 Å². The van der Waals surface area contributed by atoms with Crippen LogP contribution < -0.4 is 15.5 Å². The predicted molar refractivity (Wildman–Crippen MR) is 82.3 cm³/mol. The zero-order valence-electron chi connectivity index (χ0n) is 12.1. The molecule has 5 heteroatoms. The van der Waals surface area contributed by atoms with Crippen LogP contribution in [-0.2, 0) is 9.59 Å². The summed E-state index contributed by atoms with van der Waals surface area (Å²) in [6, 6.07) is 7.92. The van der Waals surface area contributed by atoms with Gasteiger partial charge in [-0.15, -0.1) is 0 Å². The lowest BCUT2D eigenvalue weighted by atomic mass is 10.1. The maximum atomic E-state index is 12.3. The number of benzene rings is 1. The van der Waals surface area contributed by atoms with Crippen LogP contribution in [0.3, 0.4) is 0 Å². The zero-order valence-corrected chi connectivity index (χ0v) is 12.1. The van der Waals surface area contributed by atoms with Crippen molar-refractivity contribution in [3.63, 3.8) is 0 Å². The van der Waals surface area contributed by atoms with E-state index in [0.717, 1.165) is 24.5 Å². The van der Waals surface area contributed by atoms with E-state index in [0.29, 0.717) is 6.54 Å². The van der Waals surface area contributed by atoms with Crippen molar-refractivity contribution in [3.8, 4) is 0 Å². The summed E-state index contributed by atoms with van der Waals surface area (Å²) in [5, 5.41) is 5.70. The normalized spacial score (nSPS) is 22.0. The van der Waals surface area contributed by atoms with Crippen LogP contribution in [0.1, 0.15) is 25.7 Å². The van der Waals surface area contributed by atoms with Gasteiger partial charge in [-0.2, -0.15) is 0 Å². The molecule has 2 saturated heterocycles. The highest BCUT2D eigenvalue weighted by molar-refractivity contribution is 5.99. The molecule has 3 rings (SSSR count). The number of carbonyl (C=O) groups is 2. The van der Waals surface area contributed by atoms with E-state index in [9.17, 15) is 9.59 Å². The molecule has 21 heavy (non-hydrogen) atoms. The van der Waals surface area contributed by atoms with Gasteiger partial charge in [-0.25, -0.2) is 0 Å². The Labute approximate surface area is 124 Å². The van der Waals surface area contributed by atoms with Crippen LogP contribution in [0.4, 0.5) is 11.4 Å². The average molecular weight is 287 g/mol. The first-order valence-corrected chi connectivity index (χ1v) is 7.65. The number of amides is 2. The van der Waals surface area contributed by atoms with Gasteiger partial charge in [0.25, 0.3) is 0 Å². The van der Waals surface area contributed by atoms with Gasteiger partial charge in [-0.1, -0.05) is 12.1 Å². The second-order valence-electron chi connectivity index (χ2n) is 5.76. The van der Waals surface area contributed by atoms with Gasteiger partial charge in [-0.3, -0.25) is 9.59 Å². The smallest absolute Gasteiger partial charge is 0.229 e. The molecule has 2 N–H and O–H groups in total. The number of carbonyl (C=O) groups excluding carboxylic acids is 2. The van der Waals surface area contributed by atoms with Crippen molar-refractivity contribution in [1.82, 2.24) is 5.32 Å². The Morgan fingerprint density at radius 3 is 2.67 bits per heavy atom. The van der Waals surface area contributed by atoms with Crippen LogP contribution >= 0.6 is 0 Å². The van der Waals surface area contributed by atoms with Crippen molar-refractivity contribution in [2.75, 3.05) is 29.9 Å². The van der Waals surface area contributed by atoms with Gasteiger partial charge in [0, 0.05) is 26.1 Å². The molecule has 0 aromatic heterocycles. The lowest BCUT2D eigenvalue weighted by Gasteiger charge is -2.30. The average Bonchev–Trinajstić information content (AvgIpc) is 2.95. The molecular weight excluding hydrogens is 266 g/mol. The summed E-state index contributed by atoms with van der Waals surface area (Å²) in [5.74, 6) is -0.371. The van der Waals surface area contributed by atoms with E-state index in [-0.39, 0.29) is 24.2 Å². The molecule has 2 aliphatic rings. The largest absolute Gasteiger partial charge is 0.370 e. The standard InChI is InChI=1S/C16H21N3O2/c20-15-10-12(11-17-15)16(21)18-13-6-2-3-7-14(13)19-8-4-1-5-9-19/h2-3,6-7,12H,1,4-5,8-11H2,(H,17,20)(H,18,21). The summed E-state index contributed by atoms with van der Waals surface area (Å²) >= 11 is 0. The molecule has 112 valence electrons. The number of piperidine rings is 1. The van der Waals surface area contributed by atoms with Crippen molar-refractivity contribution in [3.05, 3.63) is 24.3 Å². The number of para-hydroxylation sites is 2. The lowest BCUT2D eigenvalue weighted by molar-refractivity contribution is -0.123. The number of nitrogens with one attached hydrogen (secondary N) is 2. The first kappa shape index (κ1) is 13.9. The third-order valence-electron chi connectivity index (χ3n) is 4.21. The van der Waals surface area contributed by atoms with E-state index >= 15 is 0 Å². The summed E-state index contributed by atoms with van der Waals surface area (Å²) in [6.45, 7) is 2.52. The molecule has 2 aliphatic heterocycles. The fraction of sp³-hybridized carbons (Fsp3) is 0.500. The first-order valence-electron chi connectivity index (χ1n) is 7.65. The van der Waals surface area contributed by atoms with Crippen molar-refractivity contribution in [2.24, 2.45) is 5.92 Å². The van der Waals surface area contributed by atoms with Crippen molar-refractivity contribution in [2.45, 2.75) is 25.7 Å². The molecule has 0 spiro atoms. The summed E-state index contributed by atoms with van der Waals surface area (Å²) in [7, 11) is 0. The monoisotopic (exact) mass is 287 g/mol. The molecule has 2 fully saturated rings. The maximum absolute atomic E-state index is 12.3. The van der Waals surface area contributed by atoms with Crippen LogP contribution in [0.25, 0.3) is 0 Å². The van der Waals surface area contributed by atoms with Crippen LogP contribution in [0, 0.1) is 5.92 Å². The SMILES string of the molecule is O=C1CC(C(=O)Nc2ccccc2N2CCCCC2)CN1. The fourth-order valence-corrected chi connectivity index (χ4v) is 3.02. The second-order valence-corrected chi connectivity index (χ2v) is 5.76. The minimum absolute atomic E-state index is 0.0422. The fourth-order valence-electron chi connectivity index (χ4n) is 3.02. The highest BCUT2D eigenvalue weighted by Gasteiger charge is 2.28. The molecule has 1 aromatic carbocycles. The predicted octanol–water partition coefficient (Wildman–Crippen LogP) is 1.75. The molecule has 1 aromatic rings. The number of hydrogen-bond acceptors (Lipinski definition) is 3. The van der Waals surface area contributed by atoms with E-state index in [1.807, 2.05) is 18.2 Å². The highest BCUT2D eigenvalue weighted by atomic mass is 16.2. The van der Waals surface area contributed by atoms with Gasteiger partial charge in [0.15, 0.2) is 0 Å². The van der Waals surface area contributed by atoms with Crippen LogP contribution in [-0.4, -0.2) is 31.4 Å². The number of nitrogens with zero attached hydrogens (tertiary/aromatic N) is 1. The Hall–Kier alpha value is -2.04. The molecular formula is C16H21N3O2.